The van der Waals surface area contributed by atoms with Gasteiger partial charge in [-0.05, 0) is 42.5 Å². The highest BCUT2D eigenvalue weighted by Gasteiger charge is 2.12. The molecule has 0 saturated heterocycles. The maximum absolute atomic E-state index is 11.9. The molecule has 1 amide bonds. The number of nitrogens with zero attached hydrogens (tertiary/aromatic N) is 1. The minimum absolute atomic E-state index is 0.0321. The normalized spacial score (nSPS) is 11.0. The highest BCUT2D eigenvalue weighted by Crippen LogP contribution is 2.20. The van der Waals surface area contributed by atoms with Gasteiger partial charge in [-0.2, -0.15) is 0 Å². The van der Waals surface area contributed by atoms with Gasteiger partial charge in [-0.15, -0.1) is 0 Å². The van der Waals surface area contributed by atoms with Crippen molar-refractivity contribution < 1.29 is 9.32 Å². The third-order valence-electron chi connectivity index (χ3n) is 3.60. The van der Waals surface area contributed by atoms with E-state index >= 15 is 0 Å². The number of para-hydroxylation sites is 1. The fourth-order valence-corrected chi connectivity index (χ4v) is 2.66. The Morgan fingerprint density at radius 3 is 2.95 bits per heavy atom. The molecule has 5 nitrogen and oxygen atoms in total. The van der Waals surface area contributed by atoms with Crippen LogP contribution in [0.3, 0.4) is 0 Å². The zero-order valence-corrected chi connectivity index (χ0v) is 12.9. The van der Waals surface area contributed by atoms with Crippen LogP contribution in [-0.4, -0.2) is 16.0 Å². The molecule has 0 aliphatic rings. The van der Waals surface area contributed by atoms with Crippen molar-refractivity contribution in [3.05, 3.63) is 52.5 Å². The van der Waals surface area contributed by atoms with Crippen molar-refractivity contribution >= 4 is 28.4 Å². The van der Waals surface area contributed by atoms with E-state index in [1.165, 1.54) is 0 Å². The minimum Gasteiger partial charge on any atom is -0.357 e. The molecule has 2 aromatic heterocycles. The van der Waals surface area contributed by atoms with Crippen LogP contribution in [0, 0.1) is 6.92 Å². The summed E-state index contributed by atoms with van der Waals surface area (Å²) in [6.07, 6.45) is 0.870. The van der Waals surface area contributed by atoms with Gasteiger partial charge in [-0.3, -0.25) is 4.79 Å². The van der Waals surface area contributed by atoms with Gasteiger partial charge in [0, 0.05) is 23.2 Å². The molecule has 0 radical (unpaired) electrons. The van der Waals surface area contributed by atoms with Crippen LogP contribution in [0.25, 0.3) is 10.9 Å². The largest absolute Gasteiger partial charge is 0.357 e. The van der Waals surface area contributed by atoms with Crippen LogP contribution in [0.5, 0.6) is 0 Å². The Bertz CT molecular complexity index is 754. The van der Waals surface area contributed by atoms with E-state index in [0.29, 0.717) is 19.4 Å². The van der Waals surface area contributed by atoms with Crippen molar-refractivity contribution in [3.63, 3.8) is 0 Å². The molecular weight excluding hydrogens is 302 g/mol. The summed E-state index contributed by atoms with van der Waals surface area (Å²) in [6, 6.07) is 10.1. The van der Waals surface area contributed by atoms with E-state index in [9.17, 15) is 4.79 Å². The Morgan fingerprint density at radius 1 is 1.41 bits per heavy atom. The second kappa shape index (κ2) is 6.23. The Kier molecular flexibility index (Phi) is 4.15. The number of halogens is 1. The number of hydrogen-bond donors (Lipinski definition) is 2. The molecule has 2 heterocycles. The molecule has 1 aromatic carbocycles. The number of nitrogens with one attached hydrogen (secondary N) is 2. The van der Waals surface area contributed by atoms with E-state index in [4.69, 9.17) is 16.1 Å². The van der Waals surface area contributed by atoms with Crippen molar-refractivity contribution in [3.8, 4) is 0 Å². The van der Waals surface area contributed by atoms with Crippen LogP contribution in [0.15, 0.2) is 34.9 Å². The van der Waals surface area contributed by atoms with Gasteiger partial charge in [0.25, 0.3) is 0 Å². The summed E-state index contributed by atoms with van der Waals surface area (Å²) in [7, 11) is 0. The second-order valence-electron chi connectivity index (χ2n) is 5.18. The Hall–Kier alpha value is -2.27. The number of benzene rings is 1. The van der Waals surface area contributed by atoms with Gasteiger partial charge < -0.3 is 14.8 Å². The highest BCUT2D eigenvalue weighted by atomic mass is 35.5. The van der Waals surface area contributed by atoms with Gasteiger partial charge in [-0.25, -0.2) is 0 Å². The van der Waals surface area contributed by atoms with E-state index in [0.717, 1.165) is 27.9 Å². The van der Waals surface area contributed by atoms with Crippen LogP contribution in [0.2, 0.25) is 5.22 Å². The molecule has 0 aliphatic carbocycles. The third kappa shape index (κ3) is 3.14. The SMILES string of the molecule is Cc1noc(Cl)c1CCC(=O)NCc1cc2ccccc2[nH]1. The van der Waals surface area contributed by atoms with E-state index in [1.807, 2.05) is 37.3 Å². The number of H-pyrrole nitrogens is 1. The van der Waals surface area contributed by atoms with Crippen molar-refractivity contribution in [2.45, 2.75) is 26.3 Å². The molecule has 0 spiro atoms. The van der Waals surface area contributed by atoms with E-state index in [-0.39, 0.29) is 11.1 Å². The first-order valence-corrected chi connectivity index (χ1v) is 7.45. The second-order valence-corrected chi connectivity index (χ2v) is 5.52. The molecule has 0 atom stereocenters. The molecule has 3 rings (SSSR count). The molecule has 0 fully saturated rings. The van der Waals surface area contributed by atoms with Gasteiger partial charge in [-0.1, -0.05) is 23.4 Å². The lowest BCUT2D eigenvalue weighted by molar-refractivity contribution is -0.121. The van der Waals surface area contributed by atoms with Crippen LogP contribution in [-0.2, 0) is 17.8 Å². The standard InChI is InChI=1S/C16H16ClN3O2/c1-10-13(16(17)22-20-10)6-7-15(21)18-9-12-8-11-4-2-3-5-14(11)19-12/h2-5,8,19H,6-7,9H2,1H3,(H,18,21). The number of aromatic amines is 1. The first kappa shape index (κ1) is 14.7. The van der Waals surface area contributed by atoms with Crippen LogP contribution in [0.1, 0.15) is 23.4 Å². The predicted molar refractivity (Wildman–Crippen MR) is 84.7 cm³/mol. The van der Waals surface area contributed by atoms with E-state index in [2.05, 4.69) is 15.5 Å². The van der Waals surface area contributed by atoms with Gasteiger partial charge in [0.05, 0.1) is 12.2 Å². The van der Waals surface area contributed by atoms with Crippen LogP contribution < -0.4 is 5.32 Å². The topological polar surface area (TPSA) is 70.9 Å². The molecule has 0 unspecified atom stereocenters. The summed E-state index contributed by atoms with van der Waals surface area (Å²) in [6.45, 7) is 2.29. The Labute approximate surface area is 132 Å². The number of amides is 1. The minimum atomic E-state index is -0.0321. The Balaban J connectivity index is 1.54. The maximum Gasteiger partial charge on any atom is 0.229 e. The fourth-order valence-electron chi connectivity index (χ4n) is 2.39. The zero-order chi connectivity index (χ0) is 15.5. The Morgan fingerprint density at radius 2 is 2.23 bits per heavy atom. The lowest BCUT2D eigenvalue weighted by Gasteiger charge is -2.03. The molecule has 0 aliphatic heterocycles. The first-order valence-electron chi connectivity index (χ1n) is 7.07. The summed E-state index contributed by atoms with van der Waals surface area (Å²) < 4.78 is 4.87. The molecule has 2 N–H and O–H groups in total. The van der Waals surface area contributed by atoms with E-state index in [1.54, 1.807) is 0 Å². The summed E-state index contributed by atoms with van der Waals surface area (Å²) in [5.41, 5.74) is 3.57. The zero-order valence-electron chi connectivity index (χ0n) is 12.1. The molecular formula is C16H16ClN3O2. The van der Waals surface area contributed by atoms with Crippen molar-refractivity contribution in [2.24, 2.45) is 0 Å². The number of aromatic nitrogens is 2. The summed E-state index contributed by atoms with van der Waals surface area (Å²) in [5.74, 6) is -0.0321. The summed E-state index contributed by atoms with van der Waals surface area (Å²) >= 11 is 5.88. The first-order chi connectivity index (χ1) is 10.6. The third-order valence-corrected chi connectivity index (χ3v) is 3.90. The average Bonchev–Trinajstić information content (AvgIpc) is 3.07. The lowest BCUT2D eigenvalue weighted by atomic mass is 10.1. The van der Waals surface area contributed by atoms with Gasteiger partial charge in [0.2, 0.25) is 11.1 Å². The average molecular weight is 318 g/mol. The monoisotopic (exact) mass is 317 g/mol. The lowest BCUT2D eigenvalue weighted by Crippen LogP contribution is -2.23. The fraction of sp³-hybridized carbons (Fsp3) is 0.250. The maximum atomic E-state index is 11.9. The quantitative estimate of drug-likeness (QED) is 0.758. The number of hydrogen-bond acceptors (Lipinski definition) is 3. The van der Waals surface area contributed by atoms with E-state index < -0.39 is 0 Å². The summed E-state index contributed by atoms with van der Waals surface area (Å²) in [5, 5.41) is 8.07. The predicted octanol–water partition coefficient (Wildman–Crippen LogP) is 3.37. The number of carbonyl (C=O) groups is 1. The number of rotatable bonds is 5. The van der Waals surface area contributed by atoms with Crippen molar-refractivity contribution in [1.29, 1.82) is 0 Å². The highest BCUT2D eigenvalue weighted by molar-refractivity contribution is 6.29. The number of aryl methyl sites for hydroxylation is 1. The molecule has 0 saturated carbocycles. The molecule has 6 heteroatoms. The van der Waals surface area contributed by atoms with Gasteiger partial charge in [0.1, 0.15) is 0 Å². The molecule has 0 bridgehead atoms. The number of carbonyl (C=O) groups excluding carboxylic acids is 1. The van der Waals surface area contributed by atoms with Crippen LogP contribution in [0.4, 0.5) is 0 Å². The molecule has 22 heavy (non-hydrogen) atoms. The van der Waals surface area contributed by atoms with Crippen LogP contribution >= 0.6 is 11.6 Å². The van der Waals surface area contributed by atoms with Crippen molar-refractivity contribution in [1.82, 2.24) is 15.5 Å². The van der Waals surface area contributed by atoms with Gasteiger partial charge >= 0.3 is 0 Å². The van der Waals surface area contributed by atoms with Gasteiger partial charge in [0.15, 0.2) is 0 Å². The molecule has 3 aromatic rings. The smallest absolute Gasteiger partial charge is 0.229 e. The van der Waals surface area contributed by atoms with Crippen molar-refractivity contribution in [2.75, 3.05) is 0 Å². The number of fused-ring (bicyclic) bond motifs is 1. The molecule has 114 valence electrons. The summed E-state index contributed by atoms with van der Waals surface area (Å²) in [4.78, 5) is 15.2.